The number of rotatable bonds is 2. The van der Waals surface area contributed by atoms with Gasteiger partial charge in [-0.05, 0) is 68.0 Å². The Hall–Kier alpha value is -3.92. The minimum atomic E-state index is 0.873. The molecule has 0 fully saturated rings. The van der Waals surface area contributed by atoms with Crippen molar-refractivity contribution in [3.05, 3.63) is 95.4 Å². The molecule has 3 aromatic heterocycles. The predicted molar refractivity (Wildman–Crippen MR) is 132 cm³/mol. The number of hydrogen-bond donors (Lipinski definition) is 0. The van der Waals surface area contributed by atoms with E-state index in [1.165, 1.54) is 44.1 Å². The van der Waals surface area contributed by atoms with Gasteiger partial charge in [0.05, 0.1) is 23.0 Å². The normalized spacial score (nSPS) is 11.8. The fourth-order valence-corrected chi connectivity index (χ4v) is 4.94. The van der Waals surface area contributed by atoms with Crippen LogP contribution in [-0.4, -0.2) is 19.2 Å². The third-order valence-corrected chi connectivity index (χ3v) is 6.45. The zero-order chi connectivity index (χ0) is 22.0. The summed E-state index contributed by atoms with van der Waals surface area (Å²) in [4.78, 5) is 4.72. The van der Waals surface area contributed by atoms with E-state index in [9.17, 15) is 0 Å². The van der Waals surface area contributed by atoms with Gasteiger partial charge in [-0.3, -0.25) is 0 Å². The monoisotopic (exact) mass is 416 g/mol. The van der Waals surface area contributed by atoms with Crippen LogP contribution in [0.15, 0.2) is 73.2 Å². The average molecular weight is 417 g/mol. The largest absolute Gasteiger partial charge is 0.305 e. The van der Waals surface area contributed by atoms with E-state index in [-0.39, 0.29) is 0 Å². The van der Waals surface area contributed by atoms with Crippen LogP contribution in [0.5, 0.6) is 0 Å². The summed E-state index contributed by atoms with van der Waals surface area (Å²) in [7, 11) is 0. The van der Waals surface area contributed by atoms with Crippen molar-refractivity contribution in [2.24, 2.45) is 0 Å². The van der Waals surface area contributed by atoms with Crippen LogP contribution in [-0.2, 0) is 0 Å². The Kier molecular flexibility index (Phi) is 3.99. The zero-order valence-corrected chi connectivity index (χ0v) is 18.7. The van der Waals surface area contributed by atoms with E-state index in [2.05, 4.69) is 104 Å². The topological polar surface area (TPSA) is 35.1 Å². The van der Waals surface area contributed by atoms with Crippen LogP contribution in [0.1, 0.15) is 22.3 Å². The summed E-state index contributed by atoms with van der Waals surface area (Å²) in [5.41, 5.74) is 10.1. The Labute approximate surface area is 186 Å². The van der Waals surface area contributed by atoms with E-state index in [1.807, 2.05) is 6.33 Å². The molecule has 0 atom stereocenters. The van der Waals surface area contributed by atoms with Gasteiger partial charge in [0.1, 0.15) is 11.4 Å². The molecule has 0 N–H and O–H groups in total. The number of fused-ring (bicyclic) bond motifs is 6. The molecular formula is C28H24N4. The number of pyridine rings is 1. The first-order valence-corrected chi connectivity index (χ1v) is 10.9. The molecule has 0 aliphatic heterocycles. The van der Waals surface area contributed by atoms with Crippen molar-refractivity contribution in [3.8, 4) is 17.1 Å². The van der Waals surface area contributed by atoms with Crippen LogP contribution in [0.4, 0.5) is 0 Å². The maximum atomic E-state index is 5.02. The summed E-state index contributed by atoms with van der Waals surface area (Å²) in [6.07, 6.45) is 3.97. The fourth-order valence-electron chi connectivity index (χ4n) is 4.94. The number of aryl methyl sites for hydroxylation is 4. The van der Waals surface area contributed by atoms with Crippen LogP contribution in [0.25, 0.3) is 44.3 Å². The summed E-state index contributed by atoms with van der Waals surface area (Å²) < 4.78 is 4.19. The van der Waals surface area contributed by atoms with Crippen molar-refractivity contribution in [3.63, 3.8) is 0 Å². The SMILES string of the molecule is Cc1ccc2c(c1)c1cccc(C)c1c1cc(-c3cn(-c4c(C)cccc4C)cn3)nn21. The number of nitrogens with zero attached hydrogens (tertiary/aromatic N) is 4. The van der Waals surface area contributed by atoms with Gasteiger partial charge in [0.25, 0.3) is 0 Å². The first kappa shape index (κ1) is 18.8. The molecule has 0 amide bonds. The molecule has 0 bridgehead atoms. The first-order chi connectivity index (χ1) is 15.5. The minimum Gasteiger partial charge on any atom is -0.305 e. The van der Waals surface area contributed by atoms with Crippen molar-refractivity contribution in [1.29, 1.82) is 0 Å². The first-order valence-electron chi connectivity index (χ1n) is 10.9. The van der Waals surface area contributed by atoms with Crippen LogP contribution in [0.3, 0.4) is 0 Å². The van der Waals surface area contributed by atoms with Gasteiger partial charge >= 0.3 is 0 Å². The van der Waals surface area contributed by atoms with Crippen molar-refractivity contribution in [2.45, 2.75) is 27.7 Å². The molecule has 3 heterocycles. The summed E-state index contributed by atoms with van der Waals surface area (Å²) >= 11 is 0. The Morgan fingerprint density at radius 2 is 1.44 bits per heavy atom. The molecule has 4 nitrogen and oxygen atoms in total. The highest BCUT2D eigenvalue weighted by Gasteiger charge is 2.16. The van der Waals surface area contributed by atoms with E-state index in [0.29, 0.717) is 0 Å². The lowest BCUT2D eigenvalue weighted by molar-refractivity contribution is 1.01. The van der Waals surface area contributed by atoms with E-state index in [1.54, 1.807) is 0 Å². The molecule has 0 saturated heterocycles. The second-order valence-corrected chi connectivity index (χ2v) is 8.75. The highest BCUT2D eigenvalue weighted by molar-refractivity contribution is 6.14. The molecule has 0 aliphatic rings. The van der Waals surface area contributed by atoms with Gasteiger partial charge < -0.3 is 4.57 Å². The third kappa shape index (κ3) is 2.69. The van der Waals surface area contributed by atoms with Crippen molar-refractivity contribution in [1.82, 2.24) is 19.2 Å². The number of para-hydroxylation sites is 1. The Morgan fingerprint density at radius 3 is 2.25 bits per heavy atom. The maximum absolute atomic E-state index is 5.02. The molecule has 3 aromatic carbocycles. The Morgan fingerprint density at radius 1 is 0.688 bits per heavy atom. The standard InChI is InChI=1S/C28H24N4/c1-17-11-12-25-22(13-17)21-10-6-7-18(2)27(21)26-14-23(30-32(25)26)24-15-31(16-29-24)28-19(3)8-5-9-20(28)4/h5-16H,1-4H3. The predicted octanol–water partition coefficient (Wildman–Crippen LogP) is 6.73. The second kappa shape index (κ2) is 6.79. The molecule has 0 spiro atoms. The highest BCUT2D eigenvalue weighted by Crippen LogP contribution is 2.34. The van der Waals surface area contributed by atoms with Gasteiger partial charge in [0.2, 0.25) is 0 Å². The number of benzene rings is 3. The molecule has 156 valence electrons. The summed E-state index contributed by atoms with van der Waals surface area (Å²) in [6.45, 7) is 8.58. The smallest absolute Gasteiger partial charge is 0.113 e. The molecule has 32 heavy (non-hydrogen) atoms. The lowest BCUT2D eigenvalue weighted by Crippen LogP contribution is -1.96. The summed E-state index contributed by atoms with van der Waals surface area (Å²) in [5, 5.41) is 8.77. The molecule has 4 heteroatoms. The molecular weight excluding hydrogens is 392 g/mol. The van der Waals surface area contributed by atoms with Crippen LogP contribution in [0.2, 0.25) is 0 Å². The van der Waals surface area contributed by atoms with Gasteiger partial charge in [-0.1, -0.05) is 48.0 Å². The molecule has 6 aromatic rings. The van der Waals surface area contributed by atoms with E-state index < -0.39 is 0 Å². The molecule has 6 rings (SSSR count). The molecule has 0 saturated carbocycles. The summed E-state index contributed by atoms with van der Waals surface area (Å²) in [6, 6.07) is 21.6. The fraction of sp³-hybridized carbons (Fsp3) is 0.143. The van der Waals surface area contributed by atoms with Gasteiger partial charge in [-0.2, -0.15) is 5.10 Å². The van der Waals surface area contributed by atoms with E-state index >= 15 is 0 Å². The van der Waals surface area contributed by atoms with E-state index in [4.69, 9.17) is 10.1 Å². The van der Waals surface area contributed by atoms with Gasteiger partial charge in [-0.25, -0.2) is 9.50 Å². The van der Waals surface area contributed by atoms with Crippen LogP contribution < -0.4 is 0 Å². The average Bonchev–Trinajstić information content (AvgIpc) is 3.41. The van der Waals surface area contributed by atoms with Crippen LogP contribution in [0, 0.1) is 27.7 Å². The van der Waals surface area contributed by atoms with Crippen LogP contribution >= 0.6 is 0 Å². The van der Waals surface area contributed by atoms with Crippen molar-refractivity contribution in [2.75, 3.05) is 0 Å². The number of imidazole rings is 1. The number of aromatic nitrogens is 4. The minimum absolute atomic E-state index is 0.873. The number of hydrogen-bond acceptors (Lipinski definition) is 2. The highest BCUT2D eigenvalue weighted by atomic mass is 15.2. The Bertz CT molecular complexity index is 1650. The molecule has 0 radical (unpaired) electrons. The Balaban J connectivity index is 1.62. The van der Waals surface area contributed by atoms with Gasteiger partial charge in [-0.15, -0.1) is 0 Å². The van der Waals surface area contributed by atoms with Gasteiger partial charge in [0.15, 0.2) is 0 Å². The second-order valence-electron chi connectivity index (χ2n) is 8.75. The lowest BCUT2D eigenvalue weighted by Gasteiger charge is -2.10. The summed E-state index contributed by atoms with van der Waals surface area (Å²) in [5.74, 6) is 0. The third-order valence-electron chi connectivity index (χ3n) is 6.45. The molecule has 0 unspecified atom stereocenters. The van der Waals surface area contributed by atoms with Crippen molar-refractivity contribution >= 4 is 27.2 Å². The van der Waals surface area contributed by atoms with Gasteiger partial charge in [0, 0.05) is 17.0 Å². The molecule has 0 aliphatic carbocycles. The maximum Gasteiger partial charge on any atom is 0.113 e. The van der Waals surface area contributed by atoms with Crippen molar-refractivity contribution < 1.29 is 0 Å². The van der Waals surface area contributed by atoms with E-state index in [0.717, 1.165) is 22.4 Å². The lowest BCUT2D eigenvalue weighted by atomic mass is 10.00. The zero-order valence-electron chi connectivity index (χ0n) is 18.7. The quantitative estimate of drug-likeness (QED) is 0.293.